The first kappa shape index (κ1) is 11.9. The van der Waals surface area contributed by atoms with Gasteiger partial charge in [-0.15, -0.1) is 0 Å². The minimum absolute atomic E-state index is 0.491. The molecule has 2 N–H and O–H groups in total. The van der Waals surface area contributed by atoms with Crippen molar-refractivity contribution in [2.45, 2.75) is 18.9 Å². The van der Waals surface area contributed by atoms with Gasteiger partial charge in [-0.1, -0.05) is 67.1 Å². The van der Waals surface area contributed by atoms with Crippen molar-refractivity contribution < 1.29 is 0 Å². The standard InChI is InChI=1S/C16H18N/c1-3-16(17,14-7-5-4-6-8-14)15-11-9-13(2)10-12-15/h4-12H,1,3,17H2,2H3. The number of rotatable bonds is 3. The first-order valence-electron chi connectivity index (χ1n) is 5.87. The van der Waals surface area contributed by atoms with Crippen molar-refractivity contribution in [3.63, 3.8) is 0 Å². The fourth-order valence-electron chi connectivity index (χ4n) is 2.04. The van der Waals surface area contributed by atoms with E-state index in [9.17, 15) is 0 Å². The Bertz CT molecular complexity index is 473. The summed E-state index contributed by atoms with van der Waals surface area (Å²) in [6.45, 7) is 6.09. The summed E-state index contributed by atoms with van der Waals surface area (Å²) in [5, 5.41) is 0. The second-order valence-corrected chi connectivity index (χ2v) is 4.45. The molecule has 0 aromatic heterocycles. The molecule has 1 heteroatoms. The van der Waals surface area contributed by atoms with Gasteiger partial charge in [-0.3, -0.25) is 0 Å². The lowest BCUT2D eigenvalue weighted by Gasteiger charge is -2.29. The van der Waals surface area contributed by atoms with Crippen LogP contribution >= 0.6 is 0 Å². The van der Waals surface area contributed by atoms with E-state index in [1.54, 1.807) is 0 Å². The highest BCUT2D eigenvalue weighted by atomic mass is 14.7. The molecule has 0 aliphatic rings. The fraction of sp³-hybridized carbons (Fsp3) is 0.188. The molecule has 2 aromatic rings. The average Bonchev–Trinajstić information content (AvgIpc) is 2.40. The predicted octanol–water partition coefficient (Wildman–Crippen LogP) is 3.42. The molecule has 1 nitrogen and oxygen atoms in total. The van der Waals surface area contributed by atoms with E-state index >= 15 is 0 Å². The Balaban J connectivity index is 2.48. The van der Waals surface area contributed by atoms with E-state index in [4.69, 9.17) is 5.73 Å². The van der Waals surface area contributed by atoms with Gasteiger partial charge in [-0.05, 0) is 24.5 Å². The van der Waals surface area contributed by atoms with Gasteiger partial charge in [0.15, 0.2) is 0 Å². The van der Waals surface area contributed by atoms with Crippen LogP contribution in [0.25, 0.3) is 0 Å². The van der Waals surface area contributed by atoms with Crippen molar-refractivity contribution in [3.8, 4) is 0 Å². The van der Waals surface area contributed by atoms with Gasteiger partial charge in [0.1, 0.15) is 0 Å². The van der Waals surface area contributed by atoms with Gasteiger partial charge < -0.3 is 5.73 Å². The molecule has 2 aromatic carbocycles. The Kier molecular flexibility index (Phi) is 3.30. The van der Waals surface area contributed by atoms with Gasteiger partial charge >= 0.3 is 0 Å². The first-order chi connectivity index (χ1) is 8.16. The third-order valence-electron chi connectivity index (χ3n) is 3.25. The molecule has 0 saturated carbocycles. The molecule has 17 heavy (non-hydrogen) atoms. The molecule has 87 valence electrons. The molecule has 0 aliphatic carbocycles. The third-order valence-corrected chi connectivity index (χ3v) is 3.25. The molecule has 0 aliphatic heterocycles. The maximum absolute atomic E-state index is 6.53. The summed E-state index contributed by atoms with van der Waals surface area (Å²) >= 11 is 0. The second-order valence-electron chi connectivity index (χ2n) is 4.45. The molecular weight excluding hydrogens is 206 g/mol. The van der Waals surface area contributed by atoms with Crippen molar-refractivity contribution in [1.82, 2.24) is 0 Å². The Morgan fingerprint density at radius 3 is 2.00 bits per heavy atom. The molecule has 0 fully saturated rings. The zero-order valence-corrected chi connectivity index (χ0v) is 10.2. The van der Waals surface area contributed by atoms with Crippen molar-refractivity contribution in [2.75, 3.05) is 0 Å². The van der Waals surface area contributed by atoms with Crippen molar-refractivity contribution in [2.24, 2.45) is 5.73 Å². The van der Waals surface area contributed by atoms with E-state index in [1.165, 1.54) is 5.56 Å². The number of hydrogen-bond acceptors (Lipinski definition) is 1. The number of benzene rings is 2. The van der Waals surface area contributed by atoms with Crippen molar-refractivity contribution in [3.05, 3.63) is 78.2 Å². The van der Waals surface area contributed by atoms with Crippen LogP contribution < -0.4 is 5.73 Å². The van der Waals surface area contributed by atoms with Crippen LogP contribution in [-0.2, 0) is 5.54 Å². The van der Waals surface area contributed by atoms with E-state index in [0.29, 0.717) is 6.42 Å². The number of nitrogens with two attached hydrogens (primary N) is 1. The van der Waals surface area contributed by atoms with Crippen LogP contribution in [0.15, 0.2) is 54.6 Å². The predicted molar refractivity (Wildman–Crippen MR) is 72.6 cm³/mol. The second kappa shape index (κ2) is 4.72. The Labute approximate surface area is 103 Å². The molecular formula is C16H18N. The van der Waals surface area contributed by atoms with Crippen LogP contribution in [0.3, 0.4) is 0 Å². The monoisotopic (exact) mass is 224 g/mol. The molecule has 0 heterocycles. The molecule has 1 unspecified atom stereocenters. The van der Waals surface area contributed by atoms with Gasteiger partial charge in [-0.25, -0.2) is 0 Å². The van der Waals surface area contributed by atoms with Gasteiger partial charge in [-0.2, -0.15) is 0 Å². The molecule has 0 spiro atoms. The number of hydrogen-bond donors (Lipinski definition) is 1. The average molecular weight is 224 g/mol. The summed E-state index contributed by atoms with van der Waals surface area (Å²) in [5.74, 6) is 0. The lowest BCUT2D eigenvalue weighted by molar-refractivity contribution is 0.545. The SMILES string of the molecule is [CH2]CC(N)(c1ccccc1)c1ccc(C)cc1. The Morgan fingerprint density at radius 1 is 0.941 bits per heavy atom. The Morgan fingerprint density at radius 2 is 1.47 bits per heavy atom. The van der Waals surface area contributed by atoms with Crippen LogP contribution in [-0.4, -0.2) is 0 Å². The highest BCUT2D eigenvalue weighted by Crippen LogP contribution is 2.29. The highest BCUT2D eigenvalue weighted by Gasteiger charge is 2.26. The van der Waals surface area contributed by atoms with Crippen molar-refractivity contribution >= 4 is 0 Å². The third kappa shape index (κ3) is 2.25. The highest BCUT2D eigenvalue weighted by molar-refractivity contribution is 5.38. The largest absolute Gasteiger partial charge is 0.318 e. The van der Waals surface area contributed by atoms with Gasteiger partial charge in [0.05, 0.1) is 5.54 Å². The summed E-state index contributed by atoms with van der Waals surface area (Å²) in [6, 6.07) is 18.5. The van der Waals surface area contributed by atoms with Crippen molar-refractivity contribution in [1.29, 1.82) is 0 Å². The van der Waals surface area contributed by atoms with Crippen LogP contribution in [0.2, 0.25) is 0 Å². The summed E-state index contributed by atoms with van der Waals surface area (Å²) < 4.78 is 0. The topological polar surface area (TPSA) is 26.0 Å². The quantitative estimate of drug-likeness (QED) is 0.849. The fourth-order valence-corrected chi connectivity index (χ4v) is 2.04. The van der Waals surface area contributed by atoms with Gasteiger partial charge in [0, 0.05) is 0 Å². The molecule has 1 atom stereocenters. The lowest BCUT2D eigenvalue weighted by Crippen LogP contribution is -2.37. The van der Waals surface area contributed by atoms with E-state index in [1.807, 2.05) is 18.2 Å². The maximum atomic E-state index is 6.53. The molecule has 0 bridgehead atoms. The summed E-state index contributed by atoms with van der Waals surface area (Å²) in [4.78, 5) is 0. The number of aryl methyl sites for hydroxylation is 1. The zero-order valence-electron chi connectivity index (χ0n) is 10.2. The minimum atomic E-state index is -0.491. The molecule has 0 amide bonds. The zero-order chi connectivity index (χ0) is 12.3. The maximum Gasteiger partial charge on any atom is 0.0665 e. The van der Waals surface area contributed by atoms with Gasteiger partial charge in [0.2, 0.25) is 0 Å². The summed E-state index contributed by atoms with van der Waals surface area (Å²) in [5.41, 5.74) is 9.51. The van der Waals surface area contributed by atoms with Crippen LogP contribution in [0.5, 0.6) is 0 Å². The molecule has 0 saturated heterocycles. The molecule has 1 radical (unpaired) electrons. The summed E-state index contributed by atoms with van der Waals surface area (Å²) in [6.07, 6.45) is 0.639. The van der Waals surface area contributed by atoms with Crippen LogP contribution in [0, 0.1) is 13.8 Å². The molecule has 2 rings (SSSR count). The normalized spacial score (nSPS) is 14.3. The lowest BCUT2D eigenvalue weighted by atomic mass is 9.81. The van der Waals surface area contributed by atoms with Crippen LogP contribution in [0.4, 0.5) is 0 Å². The van der Waals surface area contributed by atoms with Crippen LogP contribution in [0.1, 0.15) is 23.1 Å². The summed E-state index contributed by atoms with van der Waals surface area (Å²) in [7, 11) is 0. The first-order valence-corrected chi connectivity index (χ1v) is 5.87. The smallest absolute Gasteiger partial charge is 0.0665 e. The van der Waals surface area contributed by atoms with E-state index in [0.717, 1.165) is 11.1 Å². The van der Waals surface area contributed by atoms with E-state index < -0.39 is 5.54 Å². The minimum Gasteiger partial charge on any atom is -0.318 e. The van der Waals surface area contributed by atoms with E-state index in [2.05, 4.69) is 50.2 Å². The van der Waals surface area contributed by atoms with E-state index in [-0.39, 0.29) is 0 Å². The Hall–Kier alpha value is -1.60. The van der Waals surface area contributed by atoms with Gasteiger partial charge in [0.25, 0.3) is 0 Å².